The molecular weight excluding hydrogens is 348 g/mol. The third-order valence-electron chi connectivity index (χ3n) is 4.02. The Morgan fingerprint density at radius 2 is 1.85 bits per heavy atom. The number of nitrogens with one attached hydrogen (secondary N) is 1. The van der Waals surface area contributed by atoms with E-state index in [4.69, 9.17) is 16.0 Å². The molecule has 0 atom stereocenters. The quantitative estimate of drug-likeness (QED) is 0.508. The maximum Gasteiger partial charge on any atom is 0.255 e. The van der Waals surface area contributed by atoms with Gasteiger partial charge in [-0.1, -0.05) is 23.7 Å². The maximum absolute atomic E-state index is 12.4. The van der Waals surface area contributed by atoms with E-state index in [1.54, 1.807) is 24.3 Å². The van der Waals surface area contributed by atoms with Gasteiger partial charge in [-0.05, 0) is 67.1 Å². The van der Waals surface area contributed by atoms with E-state index < -0.39 is 0 Å². The number of hydrogen-bond donors (Lipinski definition) is 1. The van der Waals surface area contributed by atoms with Crippen molar-refractivity contribution >= 4 is 34.3 Å². The van der Waals surface area contributed by atoms with E-state index in [0.29, 0.717) is 22.2 Å². The molecule has 1 amide bonds. The Morgan fingerprint density at radius 3 is 2.65 bits per heavy atom. The molecule has 0 saturated heterocycles. The highest BCUT2D eigenvalue weighted by molar-refractivity contribution is 6.30. The first-order valence-electron chi connectivity index (χ1n) is 8.13. The molecule has 3 aromatic carbocycles. The number of halogens is 1. The van der Waals surface area contributed by atoms with Crippen LogP contribution in [0.15, 0.2) is 71.1 Å². The Bertz CT molecular complexity index is 1100. The van der Waals surface area contributed by atoms with Crippen LogP contribution in [-0.2, 0) is 0 Å². The average Bonchev–Trinajstić information content (AvgIpc) is 3.05. The van der Waals surface area contributed by atoms with Gasteiger partial charge in [0.05, 0.1) is 0 Å². The van der Waals surface area contributed by atoms with E-state index in [1.165, 1.54) is 0 Å². The molecule has 5 heteroatoms. The van der Waals surface area contributed by atoms with Crippen molar-refractivity contribution in [2.45, 2.75) is 6.92 Å². The van der Waals surface area contributed by atoms with Crippen molar-refractivity contribution in [3.63, 3.8) is 0 Å². The molecule has 128 valence electrons. The van der Waals surface area contributed by atoms with Gasteiger partial charge in [-0.25, -0.2) is 4.98 Å². The van der Waals surface area contributed by atoms with Gasteiger partial charge in [0.25, 0.3) is 5.91 Å². The predicted molar refractivity (Wildman–Crippen MR) is 104 cm³/mol. The zero-order chi connectivity index (χ0) is 18.1. The lowest BCUT2D eigenvalue weighted by molar-refractivity contribution is 0.102. The highest BCUT2D eigenvalue weighted by atomic mass is 35.5. The molecule has 0 aliphatic rings. The van der Waals surface area contributed by atoms with Crippen molar-refractivity contribution in [1.29, 1.82) is 0 Å². The number of aryl methyl sites for hydroxylation is 1. The number of rotatable bonds is 3. The van der Waals surface area contributed by atoms with Gasteiger partial charge in [-0.2, -0.15) is 0 Å². The first kappa shape index (κ1) is 16.4. The van der Waals surface area contributed by atoms with Crippen LogP contribution < -0.4 is 5.32 Å². The van der Waals surface area contributed by atoms with Gasteiger partial charge >= 0.3 is 0 Å². The largest absolute Gasteiger partial charge is 0.436 e. The third kappa shape index (κ3) is 3.32. The summed E-state index contributed by atoms with van der Waals surface area (Å²) < 4.78 is 5.85. The summed E-state index contributed by atoms with van der Waals surface area (Å²) in [6.45, 7) is 2.01. The summed E-state index contributed by atoms with van der Waals surface area (Å²) in [5.41, 5.74) is 4.67. The monoisotopic (exact) mass is 362 g/mol. The molecule has 1 heterocycles. The third-order valence-corrected chi connectivity index (χ3v) is 4.27. The molecule has 0 unspecified atom stereocenters. The summed E-state index contributed by atoms with van der Waals surface area (Å²) >= 11 is 5.86. The fraction of sp³-hybridized carbons (Fsp3) is 0.0476. The number of carbonyl (C=O) groups is 1. The lowest BCUT2D eigenvalue weighted by Gasteiger charge is -2.06. The number of fused-ring (bicyclic) bond motifs is 1. The predicted octanol–water partition coefficient (Wildman–Crippen LogP) is 5.71. The van der Waals surface area contributed by atoms with Crippen LogP contribution in [-0.4, -0.2) is 10.9 Å². The number of nitrogens with zero attached hydrogens (tertiary/aromatic N) is 1. The Labute approximate surface area is 155 Å². The number of benzene rings is 3. The lowest BCUT2D eigenvalue weighted by atomic mass is 10.1. The summed E-state index contributed by atoms with van der Waals surface area (Å²) in [6.07, 6.45) is 0. The summed E-state index contributed by atoms with van der Waals surface area (Å²) in [5, 5.41) is 3.47. The molecule has 26 heavy (non-hydrogen) atoms. The number of aromatic nitrogens is 1. The fourth-order valence-electron chi connectivity index (χ4n) is 2.69. The summed E-state index contributed by atoms with van der Waals surface area (Å²) in [5.74, 6) is 0.320. The van der Waals surface area contributed by atoms with Gasteiger partial charge < -0.3 is 9.73 Å². The van der Waals surface area contributed by atoms with Gasteiger partial charge in [0.2, 0.25) is 5.89 Å². The zero-order valence-corrected chi connectivity index (χ0v) is 14.7. The molecule has 1 N–H and O–H groups in total. The van der Waals surface area contributed by atoms with E-state index >= 15 is 0 Å². The fourth-order valence-corrected chi connectivity index (χ4v) is 2.82. The van der Waals surface area contributed by atoms with Crippen molar-refractivity contribution < 1.29 is 9.21 Å². The van der Waals surface area contributed by atoms with Crippen molar-refractivity contribution in [2.24, 2.45) is 0 Å². The van der Waals surface area contributed by atoms with Crippen LogP contribution >= 0.6 is 11.6 Å². The molecule has 4 nitrogen and oxygen atoms in total. The summed E-state index contributed by atoms with van der Waals surface area (Å²) in [6, 6.07) is 20.0. The second-order valence-electron chi connectivity index (χ2n) is 6.03. The second kappa shape index (κ2) is 6.65. The molecule has 0 saturated carbocycles. The highest BCUT2D eigenvalue weighted by Gasteiger charge is 2.11. The van der Waals surface area contributed by atoms with Crippen molar-refractivity contribution in [1.82, 2.24) is 4.98 Å². The van der Waals surface area contributed by atoms with Gasteiger partial charge in [0, 0.05) is 21.8 Å². The van der Waals surface area contributed by atoms with Crippen molar-refractivity contribution in [3.8, 4) is 11.5 Å². The van der Waals surface area contributed by atoms with Crippen LogP contribution in [0.2, 0.25) is 5.02 Å². The van der Waals surface area contributed by atoms with Crippen LogP contribution in [0.3, 0.4) is 0 Å². The summed E-state index contributed by atoms with van der Waals surface area (Å²) in [4.78, 5) is 16.9. The van der Waals surface area contributed by atoms with Gasteiger partial charge in [0.15, 0.2) is 5.58 Å². The second-order valence-corrected chi connectivity index (χ2v) is 6.47. The van der Waals surface area contributed by atoms with E-state index in [0.717, 1.165) is 22.2 Å². The normalized spacial score (nSPS) is 10.8. The number of amides is 1. The summed E-state index contributed by atoms with van der Waals surface area (Å²) in [7, 11) is 0. The Kier molecular flexibility index (Phi) is 4.19. The van der Waals surface area contributed by atoms with Gasteiger partial charge in [0.1, 0.15) is 5.52 Å². The van der Waals surface area contributed by atoms with Crippen molar-refractivity contribution in [2.75, 3.05) is 5.32 Å². The van der Waals surface area contributed by atoms with Crippen molar-refractivity contribution in [3.05, 3.63) is 82.9 Å². The van der Waals surface area contributed by atoms with Crippen LogP contribution in [0.4, 0.5) is 5.69 Å². The Balaban J connectivity index is 1.61. The molecular formula is C21H15ClN2O2. The maximum atomic E-state index is 12.4. The van der Waals surface area contributed by atoms with Crippen LogP contribution in [0.25, 0.3) is 22.6 Å². The molecule has 0 aliphatic heterocycles. The first-order valence-corrected chi connectivity index (χ1v) is 8.51. The molecule has 0 aliphatic carbocycles. The Morgan fingerprint density at radius 1 is 1.04 bits per heavy atom. The van der Waals surface area contributed by atoms with E-state index in [1.807, 2.05) is 49.4 Å². The molecule has 4 rings (SSSR count). The number of oxazole rings is 1. The minimum atomic E-state index is -0.202. The van der Waals surface area contributed by atoms with Crippen LogP contribution in [0.5, 0.6) is 0 Å². The first-order chi connectivity index (χ1) is 12.6. The lowest BCUT2D eigenvalue weighted by Crippen LogP contribution is -2.11. The minimum Gasteiger partial charge on any atom is -0.436 e. The standard InChI is InChI=1S/C21H15ClN2O2/c1-13-5-10-18-19(11-13)26-21(24-18)15-3-2-4-17(12-15)23-20(25)14-6-8-16(22)9-7-14/h2-12H,1H3,(H,23,25). The number of carbonyl (C=O) groups excluding carboxylic acids is 1. The number of hydrogen-bond acceptors (Lipinski definition) is 3. The number of anilines is 1. The topological polar surface area (TPSA) is 55.1 Å². The average molecular weight is 363 g/mol. The molecule has 0 fully saturated rings. The molecule has 0 spiro atoms. The molecule has 0 radical (unpaired) electrons. The minimum absolute atomic E-state index is 0.202. The SMILES string of the molecule is Cc1ccc2nc(-c3cccc(NC(=O)c4ccc(Cl)cc4)c3)oc2c1. The van der Waals surface area contributed by atoms with Crippen LogP contribution in [0, 0.1) is 6.92 Å². The zero-order valence-electron chi connectivity index (χ0n) is 14.0. The Hall–Kier alpha value is -3.11. The van der Waals surface area contributed by atoms with Gasteiger partial charge in [-0.15, -0.1) is 0 Å². The smallest absolute Gasteiger partial charge is 0.255 e. The highest BCUT2D eigenvalue weighted by Crippen LogP contribution is 2.27. The van der Waals surface area contributed by atoms with E-state index in [9.17, 15) is 4.79 Å². The van der Waals surface area contributed by atoms with E-state index in [2.05, 4.69) is 10.3 Å². The van der Waals surface area contributed by atoms with Crippen LogP contribution in [0.1, 0.15) is 15.9 Å². The molecule has 4 aromatic rings. The van der Waals surface area contributed by atoms with Gasteiger partial charge in [-0.3, -0.25) is 4.79 Å². The molecule has 1 aromatic heterocycles. The van der Waals surface area contributed by atoms with E-state index in [-0.39, 0.29) is 5.91 Å². The molecule has 0 bridgehead atoms.